The van der Waals surface area contributed by atoms with Crippen molar-refractivity contribution in [2.75, 3.05) is 18.5 Å². The normalized spacial score (nSPS) is 10.7. The number of hydrogen-bond donors (Lipinski definition) is 2. The predicted octanol–water partition coefficient (Wildman–Crippen LogP) is 3.65. The van der Waals surface area contributed by atoms with Crippen LogP contribution in [0.4, 0.5) is 14.3 Å². The first-order valence-electron chi connectivity index (χ1n) is 8.30. The predicted molar refractivity (Wildman–Crippen MR) is 101 cm³/mol. The van der Waals surface area contributed by atoms with E-state index in [9.17, 15) is 9.18 Å². The zero-order valence-corrected chi connectivity index (χ0v) is 15.2. The number of aromatic nitrogens is 3. The van der Waals surface area contributed by atoms with Crippen molar-refractivity contribution in [1.82, 2.24) is 19.9 Å². The van der Waals surface area contributed by atoms with Gasteiger partial charge in [0.25, 0.3) is 0 Å². The molecule has 1 aromatic carbocycles. The fraction of sp³-hybridized carbons (Fsp3) is 0.278. The van der Waals surface area contributed by atoms with Crippen LogP contribution in [-0.2, 0) is 13.0 Å². The SMILES string of the molecule is Cc1nc(NC(=O)NCCc2cn(CCF)cn2)sc1-c1ccccc1. The van der Waals surface area contributed by atoms with E-state index in [1.807, 2.05) is 37.3 Å². The first-order valence-corrected chi connectivity index (χ1v) is 9.11. The second-order valence-corrected chi connectivity index (χ2v) is 6.72. The van der Waals surface area contributed by atoms with Crippen LogP contribution in [0.1, 0.15) is 11.4 Å². The highest BCUT2D eigenvalue weighted by Crippen LogP contribution is 2.32. The number of amides is 2. The molecule has 0 bridgehead atoms. The molecule has 0 aliphatic rings. The van der Waals surface area contributed by atoms with Gasteiger partial charge in [-0.15, -0.1) is 0 Å². The van der Waals surface area contributed by atoms with E-state index in [2.05, 4.69) is 20.6 Å². The highest BCUT2D eigenvalue weighted by atomic mass is 32.1. The standard InChI is InChI=1S/C18H20FN5OS/c1-13-16(14-5-3-2-4-6-14)26-18(22-13)23-17(25)20-9-7-15-11-24(10-8-19)12-21-15/h2-6,11-12H,7-10H2,1H3,(H2,20,22,23,25). The number of nitrogens with one attached hydrogen (secondary N) is 2. The molecule has 6 nitrogen and oxygen atoms in total. The van der Waals surface area contributed by atoms with Crippen molar-refractivity contribution in [2.24, 2.45) is 0 Å². The Labute approximate surface area is 155 Å². The Bertz CT molecular complexity index is 862. The van der Waals surface area contributed by atoms with Gasteiger partial charge in [-0.25, -0.2) is 19.2 Å². The molecule has 3 aromatic rings. The van der Waals surface area contributed by atoms with Gasteiger partial charge in [-0.05, 0) is 12.5 Å². The number of carbonyl (C=O) groups is 1. The number of thiazole rings is 1. The number of nitrogens with zero attached hydrogens (tertiary/aromatic N) is 3. The number of aryl methyl sites for hydroxylation is 2. The number of anilines is 1. The number of halogens is 1. The molecule has 3 rings (SSSR count). The van der Waals surface area contributed by atoms with Crippen LogP contribution in [0.15, 0.2) is 42.9 Å². The Balaban J connectivity index is 1.50. The second-order valence-electron chi connectivity index (χ2n) is 5.72. The average molecular weight is 373 g/mol. The summed E-state index contributed by atoms with van der Waals surface area (Å²) in [7, 11) is 0. The molecule has 0 atom stereocenters. The van der Waals surface area contributed by atoms with Crippen LogP contribution >= 0.6 is 11.3 Å². The van der Waals surface area contributed by atoms with Crippen LogP contribution in [-0.4, -0.2) is 33.8 Å². The maximum Gasteiger partial charge on any atom is 0.321 e. The van der Waals surface area contributed by atoms with E-state index >= 15 is 0 Å². The number of alkyl halides is 1. The van der Waals surface area contributed by atoms with Crippen LogP contribution in [0.25, 0.3) is 10.4 Å². The van der Waals surface area contributed by atoms with Gasteiger partial charge in [-0.1, -0.05) is 41.7 Å². The number of urea groups is 1. The molecule has 2 aromatic heterocycles. The molecule has 0 aliphatic heterocycles. The summed E-state index contributed by atoms with van der Waals surface area (Å²) in [6, 6.07) is 9.65. The molecule has 0 spiro atoms. The van der Waals surface area contributed by atoms with Crippen molar-refractivity contribution < 1.29 is 9.18 Å². The topological polar surface area (TPSA) is 71.8 Å². The number of benzene rings is 1. The summed E-state index contributed by atoms with van der Waals surface area (Å²) in [5.74, 6) is 0. The zero-order chi connectivity index (χ0) is 18.4. The summed E-state index contributed by atoms with van der Waals surface area (Å²) in [6.45, 7) is 2.24. The average Bonchev–Trinajstić information content (AvgIpc) is 3.22. The van der Waals surface area contributed by atoms with Crippen molar-refractivity contribution in [3.8, 4) is 10.4 Å². The summed E-state index contributed by atoms with van der Waals surface area (Å²) in [5.41, 5.74) is 2.78. The molecule has 0 fully saturated rings. The third-order valence-corrected chi connectivity index (χ3v) is 4.87. The Morgan fingerprint density at radius 2 is 2.12 bits per heavy atom. The van der Waals surface area contributed by atoms with Gasteiger partial charge in [0.2, 0.25) is 0 Å². The monoisotopic (exact) mass is 373 g/mol. The van der Waals surface area contributed by atoms with Gasteiger partial charge in [0.05, 0.1) is 29.1 Å². The highest BCUT2D eigenvalue weighted by Gasteiger charge is 2.11. The van der Waals surface area contributed by atoms with Gasteiger partial charge in [0.1, 0.15) is 6.67 Å². The minimum Gasteiger partial charge on any atom is -0.337 e. The van der Waals surface area contributed by atoms with E-state index in [0.29, 0.717) is 24.6 Å². The fourth-order valence-electron chi connectivity index (χ4n) is 2.51. The molecule has 8 heteroatoms. The second kappa shape index (κ2) is 8.57. The van der Waals surface area contributed by atoms with Crippen LogP contribution in [0.2, 0.25) is 0 Å². The van der Waals surface area contributed by atoms with Crippen LogP contribution in [0.5, 0.6) is 0 Å². The van der Waals surface area contributed by atoms with E-state index < -0.39 is 6.67 Å². The van der Waals surface area contributed by atoms with Gasteiger partial charge >= 0.3 is 6.03 Å². The molecule has 26 heavy (non-hydrogen) atoms. The quantitative estimate of drug-likeness (QED) is 0.664. The number of imidazole rings is 1. The first kappa shape index (κ1) is 18.1. The van der Waals surface area contributed by atoms with E-state index in [4.69, 9.17) is 0 Å². The van der Waals surface area contributed by atoms with Crippen molar-refractivity contribution in [3.63, 3.8) is 0 Å². The number of hydrogen-bond acceptors (Lipinski definition) is 4. The van der Waals surface area contributed by atoms with E-state index in [-0.39, 0.29) is 6.03 Å². The van der Waals surface area contributed by atoms with Crippen molar-refractivity contribution in [1.29, 1.82) is 0 Å². The number of rotatable bonds is 7. The summed E-state index contributed by atoms with van der Waals surface area (Å²) < 4.78 is 14.0. The molecule has 0 aliphatic carbocycles. The molecule has 2 heterocycles. The Kier molecular flexibility index (Phi) is 5.96. The summed E-state index contributed by atoms with van der Waals surface area (Å²) >= 11 is 1.45. The van der Waals surface area contributed by atoms with Gasteiger partial charge < -0.3 is 9.88 Å². The zero-order valence-electron chi connectivity index (χ0n) is 14.4. The van der Waals surface area contributed by atoms with Crippen molar-refractivity contribution >= 4 is 22.5 Å². The van der Waals surface area contributed by atoms with E-state index in [1.165, 1.54) is 11.3 Å². The summed E-state index contributed by atoms with van der Waals surface area (Å²) in [6.07, 6.45) is 3.97. The van der Waals surface area contributed by atoms with E-state index in [0.717, 1.165) is 21.8 Å². The molecular weight excluding hydrogens is 353 g/mol. The van der Waals surface area contributed by atoms with Gasteiger partial charge in [-0.2, -0.15) is 0 Å². The van der Waals surface area contributed by atoms with Crippen LogP contribution < -0.4 is 10.6 Å². The molecule has 0 unspecified atom stereocenters. The molecule has 2 N–H and O–H groups in total. The molecule has 2 amide bonds. The molecular formula is C18H20FN5OS. The van der Waals surface area contributed by atoms with Crippen LogP contribution in [0.3, 0.4) is 0 Å². The summed E-state index contributed by atoms with van der Waals surface area (Å²) in [4.78, 5) is 21.7. The van der Waals surface area contributed by atoms with Gasteiger partial charge in [0, 0.05) is 19.2 Å². The lowest BCUT2D eigenvalue weighted by atomic mass is 10.2. The fourth-order valence-corrected chi connectivity index (χ4v) is 3.47. The van der Waals surface area contributed by atoms with E-state index in [1.54, 1.807) is 17.1 Å². The summed E-state index contributed by atoms with van der Waals surface area (Å²) in [5, 5.41) is 6.11. The van der Waals surface area contributed by atoms with Crippen molar-refractivity contribution in [2.45, 2.75) is 19.9 Å². The Hall–Kier alpha value is -2.74. The number of carbonyl (C=O) groups excluding carboxylic acids is 1. The third kappa shape index (κ3) is 4.66. The molecule has 136 valence electrons. The largest absolute Gasteiger partial charge is 0.337 e. The molecule has 0 saturated carbocycles. The lowest BCUT2D eigenvalue weighted by molar-refractivity contribution is 0.252. The van der Waals surface area contributed by atoms with Crippen molar-refractivity contribution in [3.05, 3.63) is 54.2 Å². The maximum absolute atomic E-state index is 12.3. The van der Waals surface area contributed by atoms with Crippen LogP contribution in [0, 0.1) is 6.92 Å². The third-order valence-electron chi connectivity index (χ3n) is 3.75. The lowest BCUT2D eigenvalue weighted by Crippen LogP contribution is -2.30. The smallest absolute Gasteiger partial charge is 0.321 e. The Morgan fingerprint density at radius 3 is 2.88 bits per heavy atom. The van der Waals surface area contributed by atoms with Gasteiger partial charge in [0.15, 0.2) is 5.13 Å². The lowest BCUT2D eigenvalue weighted by Gasteiger charge is -2.04. The van der Waals surface area contributed by atoms with Gasteiger partial charge in [-0.3, -0.25) is 5.32 Å². The maximum atomic E-state index is 12.3. The minimum absolute atomic E-state index is 0.300. The minimum atomic E-state index is -0.422. The Morgan fingerprint density at radius 1 is 1.31 bits per heavy atom. The highest BCUT2D eigenvalue weighted by molar-refractivity contribution is 7.19. The molecule has 0 saturated heterocycles. The molecule has 0 radical (unpaired) electrons. The first-order chi connectivity index (χ1) is 12.7.